The lowest BCUT2D eigenvalue weighted by molar-refractivity contribution is 0.374. The number of nitrogens with zero attached hydrogens (tertiary/aromatic N) is 5. The maximum atomic E-state index is 12.9. The van der Waals surface area contributed by atoms with Gasteiger partial charge in [0.1, 0.15) is 5.76 Å². The van der Waals surface area contributed by atoms with Gasteiger partial charge >= 0.3 is 5.69 Å². The Labute approximate surface area is 176 Å². The Morgan fingerprint density at radius 1 is 1.17 bits per heavy atom. The van der Waals surface area contributed by atoms with Gasteiger partial charge in [-0.2, -0.15) is 5.10 Å². The molecule has 0 bridgehead atoms. The molecule has 0 saturated heterocycles. The van der Waals surface area contributed by atoms with Crippen molar-refractivity contribution in [1.82, 2.24) is 24.1 Å². The maximum Gasteiger partial charge on any atom is 0.331 e. The molecular formula is C22H33N5O3. The molecule has 3 aromatic heterocycles. The summed E-state index contributed by atoms with van der Waals surface area (Å²) in [6.07, 6.45) is 8.92. The molecule has 1 fully saturated rings. The van der Waals surface area contributed by atoms with E-state index in [0.29, 0.717) is 23.5 Å². The van der Waals surface area contributed by atoms with E-state index in [0.717, 1.165) is 37.3 Å². The Hall–Kier alpha value is -2.64. The first-order valence-corrected chi connectivity index (χ1v) is 11.0. The largest absolute Gasteiger partial charge is 0.361 e. The van der Waals surface area contributed by atoms with Crippen LogP contribution in [0.5, 0.6) is 0 Å². The minimum atomic E-state index is -0.288. The van der Waals surface area contributed by atoms with Gasteiger partial charge in [-0.3, -0.25) is 18.6 Å². The summed E-state index contributed by atoms with van der Waals surface area (Å²) in [6, 6.07) is 1.91. The number of unbranched alkanes of at least 4 members (excludes halogenated alkanes) is 2. The molecule has 3 aromatic rings. The Balaban J connectivity index is 0.000000589. The highest BCUT2D eigenvalue weighted by molar-refractivity contribution is 5.73. The van der Waals surface area contributed by atoms with Crippen LogP contribution in [-0.2, 0) is 26.6 Å². The molecular weight excluding hydrogens is 382 g/mol. The zero-order valence-corrected chi connectivity index (χ0v) is 18.6. The van der Waals surface area contributed by atoms with Gasteiger partial charge in [0.05, 0.1) is 17.4 Å². The Morgan fingerprint density at radius 3 is 2.50 bits per heavy atom. The van der Waals surface area contributed by atoms with Crippen molar-refractivity contribution in [3.8, 4) is 0 Å². The third-order valence-corrected chi connectivity index (χ3v) is 5.51. The molecule has 1 saturated carbocycles. The summed E-state index contributed by atoms with van der Waals surface area (Å²) < 4.78 is 9.81. The van der Waals surface area contributed by atoms with Crippen LogP contribution in [0.15, 0.2) is 26.4 Å². The Morgan fingerprint density at radius 2 is 1.90 bits per heavy atom. The number of hydrogen-bond donors (Lipinski definition) is 0. The average molecular weight is 416 g/mol. The summed E-state index contributed by atoms with van der Waals surface area (Å²) in [7, 11) is 1.70. The third kappa shape index (κ3) is 5.09. The van der Waals surface area contributed by atoms with Crippen molar-refractivity contribution in [3.05, 3.63) is 44.6 Å². The van der Waals surface area contributed by atoms with Gasteiger partial charge in [0.15, 0.2) is 5.52 Å². The van der Waals surface area contributed by atoms with Crippen LogP contribution in [0, 0.1) is 12.8 Å². The first-order valence-electron chi connectivity index (χ1n) is 11.0. The van der Waals surface area contributed by atoms with Gasteiger partial charge in [-0.1, -0.05) is 31.8 Å². The number of rotatable bonds is 8. The fraction of sp³-hybridized carbons (Fsp3) is 0.636. The summed E-state index contributed by atoms with van der Waals surface area (Å²) >= 11 is 0. The van der Waals surface area contributed by atoms with Crippen LogP contribution < -0.4 is 11.2 Å². The summed E-state index contributed by atoms with van der Waals surface area (Å²) in [5.41, 5.74) is 1.47. The molecule has 0 radical (unpaired) electrons. The van der Waals surface area contributed by atoms with Crippen molar-refractivity contribution in [1.29, 1.82) is 0 Å². The molecule has 0 amide bonds. The molecule has 4 rings (SSSR count). The summed E-state index contributed by atoms with van der Waals surface area (Å²) in [5, 5.41) is 8.21. The summed E-state index contributed by atoms with van der Waals surface area (Å²) in [4.78, 5) is 25.5. The zero-order chi connectivity index (χ0) is 21.7. The fourth-order valence-electron chi connectivity index (χ4n) is 3.32. The summed E-state index contributed by atoms with van der Waals surface area (Å²) in [5.74, 6) is 1.44. The zero-order valence-electron chi connectivity index (χ0n) is 18.6. The molecule has 8 heteroatoms. The van der Waals surface area contributed by atoms with Crippen molar-refractivity contribution < 1.29 is 4.52 Å². The lowest BCUT2D eigenvalue weighted by Crippen LogP contribution is -2.39. The van der Waals surface area contributed by atoms with E-state index in [1.807, 2.05) is 13.0 Å². The average Bonchev–Trinajstić information content (AvgIpc) is 3.30. The fourth-order valence-corrected chi connectivity index (χ4v) is 3.32. The molecule has 0 spiro atoms. The Bertz CT molecular complexity index is 1080. The second-order valence-corrected chi connectivity index (χ2v) is 8.19. The molecule has 0 N–H and O–H groups in total. The molecule has 0 unspecified atom stereocenters. The predicted molar refractivity (Wildman–Crippen MR) is 117 cm³/mol. The van der Waals surface area contributed by atoms with Gasteiger partial charge in [0.25, 0.3) is 5.56 Å². The van der Waals surface area contributed by atoms with Crippen molar-refractivity contribution in [2.24, 2.45) is 13.0 Å². The second-order valence-electron chi connectivity index (χ2n) is 8.19. The van der Waals surface area contributed by atoms with Gasteiger partial charge in [0.2, 0.25) is 0 Å². The molecule has 164 valence electrons. The van der Waals surface area contributed by atoms with Crippen LogP contribution in [0.3, 0.4) is 0 Å². The van der Waals surface area contributed by atoms with E-state index in [-0.39, 0.29) is 11.2 Å². The van der Waals surface area contributed by atoms with Gasteiger partial charge in [-0.25, -0.2) is 4.79 Å². The van der Waals surface area contributed by atoms with Crippen LogP contribution in [-0.4, -0.2) is 24.1 Å². The highest BCUT2D eigenvalue weighted by Crippen LogP contribution is 2.30. The molecule has 30 heavy (non-hydrogen) atoms. The SMILES string of the molecule is CCCC.Cc1cc(CCCCn2c(=O)c3c(cnn3CC3CC3)n(C)c2=O)on1. The van der Waals surface area contributed by atoms with E-state index >= 15 is 0 Å². The van der Waals surface area contributed by atoms with E-state index in [2.05, 4.69) is 24.1 Å². The molecule has 1 aliphatic rings. The summed E-state index contributed by atoms with van der Waals surface area (Å²) in [6.45, 7) is 7.39. The van der Waals surface area contributed by atoms with Crippen molar-refractivity contribution in [2.75, 3.05) is 0 Å². The topological polar surface area (TPSA) is 87.9 Å². The minimum Gasteiger partial charge on any atom is -0.361 e. The lowest BCUT2D eigenvalue weighted by atomic mass is 10.2. The van der Waals surface area contributed by atoms with Gasteiger partial charge in [-0.15, -0.1) is 0 Å². The van der Waals surface area contributed by atoms with Crippen LogP contribution in [0.25, 0.3) is 11.0 Å². The van der Waals surface area contributed by atoms with Gasteiger partial charge in [-0.05, 0) is 38.5 Å². The van der Waals surface area contributed by atoms with Crippen LogP contribution >= 0.6 is 0 Å². The van der Waals surface area contributed by atoms with E-state index in [1.54, 1.807) is 17.9 Å². The molecule has 0 aliphatic heterocycles. The number of fused-ring (bicyclic) bond motifs is 1. The van der Waals surface area contributed by atoms with Crippen LogP contribution in [0.2, 0.25) is 0 Å². The van der Waals surface area contributed by atoms with E-state index < -0.39 is 0 Å². The molecule has 0 atom stereocenters. The van der Waals surface area contributed by atoms with Gasteiger partial charge < -0.3 is 4.52 Å². The molecule has 0 aromatic carbocycles. The second kappa shape index (κ2) is 9.91. The molecule has 1 aliphatic carbocycles. The Kier molecular flexibility index (Phi) is 7.29. The normalized spacial score (nSPS) is 13.5. The smallest absolute Gasteiger partial charge is 0.331 e. The highest BCUT2D eigenvalue weighted by Gasteiger charge is 2.24. The maximum absolute atomic E-state index is 12.9. The quantitative estimate of drug-likeness (QED) is 0.526. The standard InChI is InChI=1S/C18H23N5O3.C4H10/c1-12-9-14(26-20-12)5-3-4-8-22-17(24)16-15(21(2)18(22)25)10-19-23(16)11-13-6-7-13;1-3-4-2/h9-10,13H,3-8,11H2,1-2H3;3-4H2,1-2H3. The first-order chi connectivity index (χ1) is 14.5. The molecule has 3 heterocycles. The van der Waals surface area contributed by atoms with E-state index in [9.17, 15) is 9.59 Å². The number of hydrogen-bond acceptors (Lipinski definition) is 5. The highest BCUT2D eigenvalue weighted by atomic mass is 16.5. The third-order valence-electron chi connectivity index (χ3n) is 5.51. The van der Waals surface area contributed by atoms with Crippen molar-refractivity contribution >= 4 is 11.0 Å². The number of aryl methyl sites for hydroxylation is 3. The lowest BCUT2D eigenvalue weighted by Gasteiger charge is -2.09. The van der Waals surface area contributed by atoms with E-state index in [1.165, 1.54) is 34.8 Å². The molecule has 8 nitrogen and oxygen atoms in total. The van der Waals surface area contributed by atoms with E-state index in [4.69, 9.17) is 4.52 Å². The minimum absolute atomic E-state index is 0.239. The van der Waals surface area contributed by atoms with Crippen LogP contribution in [0.4, 0.5) is 0 Å². The first kappa shape index (κ1) is 22.1. The van der Waals surface area contributed by atoms with Crippen LogP contribution in [0.1, 0.15) is 63.8 Å². The number of aromatic nitrogens is 5. The van der Waals surface area contributed by atoms with Gasteiger partial charge in [0, 0.05) is 32.6 Å². The monoisotopic (exact) mass is 415 g/mol. The predicted octanol–water partition coefficient (Wildman–Crippen LogP) is 3.43. The van der Waals surface area contributed by atoms with Crippen molar-refractivity contribution in [3.63, 3.8) is 0 Å². The van der Waals surface area contributed by atoms with Crippen molar-refractivity contribution in [2.45, 2.75) is 78.8 Å².